The topological polar surface area (TPSA) is 96.0 Å². The van der Waals surface area contributed by atoms with Gasteiger partial charge >= 0.3 is 0 Å². The number of sulfonamides is 1. The number of carbonyl (C=O) groups is 2. The average molecular weight is 646 g/mol. The van der Waals surface area contributed by atoms with Crippen LogP contribution in [0, 0.1) is 12.7 Å². The number of benzene rings is 4. The van der Waals surface area contributed by atoms with E-state index in [1.54, 1.807) is 42.5 Å². The molecule has 0 aliphatic rings. The zero-order chi connectivity index (χ0) is 33.5. The number of aryl methyl sites for hydroxylation is 1. The van der Waals surface area contributed by atoms with E-state index in [1.807, 2.05) is 58.0 Å². The minimum Gasteiger partial charge on any atom is -0.497 e. The summed E-state index contributed by atoms with van der Waals surface area (Å²) in [6.07, 6.45) is 0.124. The van der Waals surface area contributed by atoms with Crippen LogP contribution in [0.15, 0.2) is 108 Å². The molecule has 0 aromatic heterocycles. The maximum atomic E-state index is 15.1. The largest absolute Gasteiger partial charge is 0.497 e. The van der Waals surface area contributed by atoms with Crippen molar-refractivity contribution in [1.29, 1.82) is 0 Å². The third-order valence-corrected chi connectivity index (χ3v) is 9.10. The summed E-state index contributed by atoms with van der Waals surface area (Å²) < 4.78 is 49.6. The number of amides is 2. The number of ether oxygens (including phenoxy) is 1. The first-order valence-corrected chi connectivity index (χ1v) is 16.3. The van der Waals surface area contributed by atoms with Gasteiger partial charge in [0.15, 0.2) is 0 Å². The van der Waals surface area contributed by atoms with Gasteiger partial charge in [-0.25, -0.2) is 12.8 Å². The summed E-state index contributed by atoms with van der Waals surface area (Å²) in [4.78, 5) is 29.6. The van der Waals surface area contributed by atoms with Crippen LogP contribution in [-0.2, 0) is 32.6 Å². The van der Waals surface area contributed by atoms with Crippen molar-refractivity contribution >= 4 is 27.5 Å². The van der Waals surface area contributed by atoms with Gasteiger partial charge in [-0.2, -0.15) is 0 Å². The predicted octanol–water partition coefficient (Wildman–Crippen LogP) is 5.89. The molecular weight excluding hydrogens is 605 g/mol. The quantitative estimate of drug-likeness (QED) is 0.207. The van der Waals surface area contributed by atoms with Crippen molar-refractivity contribution in [3.05, 3.63) is 126 Å². The molecule has 46 heavy (non-hydrogen) atoms. The molecule has 242 valence electrons. The highest BCUT2D eigenvalue weighted by Crippen LogP contribution is 2.27. The van der Waals surface area contributed by atoms with Crippen molar-refractivity contribution in [2.24, 2.45) is 0 Å². The fraction of sp³-hybridized carbons (Fsp3) is 0.278. The van der Waals surface area contributed by atoms with Crippen molar-refractivity contribution in [2.75, 3.05) is 18.0 Å². The standard InChI is InChI=1S/C36H40FN3O5S/c1-26-15-17-29(18-16-26)40(46(43,44)31-21-19-30(45-5)20-22-31)25-34(41)39(24-28-13-9-10-14-32(28)37)33(35(42)38-36(2,3)4)23-27-11-7-6-8-12-27/h6-22,33H,23-25H2,1-5H3,(H,38,42)/t33-/m0/s1. The van der Waals surface area contributed by atoms with E-state index in [2.05, 4.69) is 5.32 Å². The van der Waals surface area contributed by atoms with Crippen molar-refractivity contribution in [3.8, 4) is 5.75 Å². The molecule has 0 aliphatic carbocycles. The van der Waals surface area contributed by atoms with Crippen LogP contribution in [0.5, 0.6) is 5.75 Å². The lowest BCUT2D eigenvalue weighted by Crippen LogP contribution is -2.56. The van der Waals surface area contributed by atoms with Crippen LogP contribution in [0.1, 0.15) is 37.5 Å². The van der Waals surface area contributed by atoms with E-state index in [9.17, 15) is 18.0 Å². The van der Waals surface area contributed by atoms with Gasteiger partial charge in [0.05, 0.1) is 17.7 Å². The Balaban J connectivity index is 1.82. The van der Waals surface area contributed by atoms with Crippen LogP contribution in [-0.4, -0.2) is 50.4 Å². The Kier molecular flexibility index (Phi) is 10.8. The number of carbonyl (C=O) groups excluding carboxylic acids is 2. The average Bonchev–Trinajstić information content (AvgIpc) is 3.02. The molecular formula is C36H40FN3O5S. The number of methoxy groups -OCH3 is 1. The first-order valence-electron chi connectivity index (χ1n) is 14.9. The second kappa shape index (κ2) is 14.6. The summed E-state index contributed by atoms with van der Waals surface area (Å²) in [5.74, 6) is -1.19. The highest BCUT2D eigenvalue weighted by atomic mass is 32.2. The Morgan fingerprint density at radius 1 is 0.870 bits per heavy atom. The Labute approximate surface area is 270 Å². The van der Waals surface area contributed by atoms with Gasteiger partial charge in [0.1, 0.15) is 24.2 Å². The molecule has 1 atom stereocenters. The third-order valence-electron chi connectivity index (χ3n) is 7.32. The normalized spacial score (nSPS) is 12.2. The molecule has 0 spiro atoms. The van der Waals surface area contributed by atoms with Gasteiger partial charge in [0.2, 0.25) is 11.8 Å². The highest BCUT2D eigenvalue weighted by molar-refractivity contribution is 7.92. The molecule has 1 N–H and O–H groups in total. The first kappa shape index (κ1) is 34.2. The number of hydrogen-bond acceptors (Lipinski definition) is 5. The highest BCUT2D eigenvalue weighted by Gasteiger charge is 2.36. The maximum Gasteiger partial charge on any atom is 0.264 e. The van der Waals surface area contributed by atoms with Crippen molar-refractivity contribution < 1.29 is 27.1 Å². The van der Waals surface area contributed by atoms with Gasteiger partial charge in [0.25, 0.3) is 10.0 Å². The minimum absolute atomic E-state index is 0.0476. The third kappa shape index (κ3) is 8.72. The van der Waals surface area contributed by atoms with E-state index >= 15 is 4.39 Å². The van der Waals surface area contributed by atoms with E-state index in [1.165, 1.54) is 42.3 Å². The smallest absolute Gasteiger partial charge is 0.264 e. The number of hydrogen-bond donors (Lipinski definition) is 1. The van der Waals surface area contributed by atoms with Gasteiger partial charge in [-0.1, -0.05) is 66.2 Å². The van der Waals surface area contributed by atoms with Crippen LogP contribution in [0.4, 0.5) is 10.1 Å². The molecule has 0 saturated carbocycles. The van der Waals surface area contributed by atoms with Gasteiger partial charge in [-0.15, -0.1) is 0 Å². The van der Waals surface area contributed by atoms with Crippen LogP contribution in [0.3, 0.4) is 0 Å². The lowest BCUT2D eigenvalue weighted by Gasteiger charge is -2.35. The zero-order valence-electron chi connectivity index (χ0n) is 26.7. The zero-order valence-corrected chi connectivity index (χ0v) is 27.6. The van der Waals surface area contributed by atoms with Crippen molar-refractivity contribution in [1.82, 2.24) is 10.2 Å². The summed E-state index contributed by atoms with van der Waals surface area (Å²) in [5, 5.41) is 2.96. The van der Waals surface area contributed by atoms with Crippen molar-refractivity contribution in [2.45, 2.75) is 57.1 Å². The molecule has 0 unspecified atom stereocenters. The molecule has 4 rings (SSSR count). The van der Waals surface area contributed by atoms with E-state index in [-0.39, 0.29) is 29.1 Å². The van der Waals surface area contributed by atoms with Gasteiger partial charge in [0, 0.05) is 24.1 Å². The lowest BCUT2D eigenvalue weighted by atomic mass is 10.0. The predicted molar refractivity (Wildman–Crippen MR) is 177 cm³/mol. The summed E-state index contributed by atoms with van der Waals surface area (Å²) in [6, 6.07) is 26.7. The minimum atomic E-state index is -4.28. The number of nitrogens with zero attached hydrogens (tertiary/aromatic N) is 2. The Hall–Kier alpha value is -4.70. The van der Waals surface area contributed by atoms with Gasteiger partial charge < -0.3 is 15.0 Å². The molecule has 0 bridgehead atoms. The van der Waals surface area contributed by atoms with Crippen LogP contribution in [0.2, 0.25) is 0 Å². The Morgan fingerprint density at radius 2 is 1.48 bits per heavy atom. The van der Waals surface area contributed by atoms with Crippen molar-refractivity contribution in [3.63, 3.8) is 0 Å². The summed E-state index contributed by atoms with van der Waals surface area (Å²) in [5.41, 5.74) is 1.50. The number of rotatable bonds is 12. The number of anilines is 1. The number of halogens is 1. The molecule has 4 aromatic carbocycles. The Bertz CT molecular complexity index is 1740. The summed E-state index contributed by atoms with van der Waals surface area (Å²) in [6.45, 7) is 6.45. The molecule has 10 heteroatoms. The summed E-state index contributed by atoms with van der Waals surface area (Å²) >= 11 is 0. The molecule has 4 aromatic rings. The fourth-order valence-corrected chi connectivity index (χ4v) is 6.35. The molecule has 2 amide bonds. The lowest BCUT2D eigenvalue weighted by molar-refractivity contribution is -0.140. The second-order valence-electron chi connectivity index (χ2n) is 12.1. The van der Waals surface area contributed by atoms with Crippen LogP contribution >= 0.6 is 0 Å². The molecule has 0 radical (unpaired) electrons. The maximum absolute atomic E-state index is 15.1. The van der Waals surface area contributed by atoms with Crippen LogP contribution < -0.4 is 14.4 Å². The van der Waals surface area contributed by atoms with E-state index in [0.717, 1.165) is 15.4 Å². The molecule has 0 saturated heterocycles. The second-order valence-corrected chi connectivity index (χ2v) is 13.9. The van der Waals surface area contributed by atoms with Crippen LogP contribution in [0.25, 0.3) is 0 Å². The van der Waals surface area contributed by atoms with E-state index < -0.39 is 45.8 Å². The summed E-state index contributed by atoms with van der Waals surface area (Å²) in [7, 11) is -2.80. The fourth-order valence-electron chi connectivity index (χ4n) is 4.93. The SMILES string of the molecule is COc1ccc(S(=O)(=O)N(CC(=O)N(Cc2ccccc2F)[C@@H](Cc2ccccc2)C(=O)NC(C)(C)C)c2ccc(C)cc2)cc1. The van der Waals surface area contributed by atoms with Gasteiger partial charge in [-0.3, -0.25) is 13.9 Å². The molecule has 0 fully saturated rings. The van der Waals surface area contributed by atoms with E-state index in [0.29, 0.717) is 5.75 Å². The van der Waals surface area contributed by atoms with E-state index in [4.69, 9.17) is 4.74 Å². The first-order chi connectivity index (χ1) is 21.8. The molecule has 0 aliphatic heterocycles. The van der Waals surface area contributed by atoms with Gasteiger partial charge in [-0.05, 0) is 75.7 Å². The molecule has 0 heterocycles. The monoisotopic (exact) mass is 645 g/mol. The number of nitrogens with one attached hydrogen (secondary N) is 1. The molecule has 8 nitrogen and oxygen atoms in total. The Morgan fingerprint density at radius 3 is 2.07 bits per heavy atom.